The van der Waals surface area contributed by atoms with Gasteiger partial charge in [0.15, 0.2) is 11.7 Å². The Bertz CT molecular complexity index is 1550. The summed E-state index contributed by atoms with van der Waals surface area (Å²) in [6.07, 6.45) is 5.93. The molecule has 0 radical (unpaired) electrons. The van der Waals surface area contributed by atoms with Crippen LogP contribution in [0, 0.1) is 41.5 Å². The molecule has 0 N–H and O–H groups in total. The van der Waals surface area contributed by atoms with Crippen molar-refractivity contribution in [3.8, 4) is 33.8 Å². The van der Waals surface area contributed by atoms with Crippen molar-refractivity contribution in [2.45, 2.75) is 85.6 Å². The molecule has 1 fully saturated rings. The average molecular weight is 488 g/mol. The van der Waals surface area contributed by atoms with Gasteiger partial charge >= 0.3 is 0 Å². The molecule has 6 rings (SSSR count). The number of aromatic nitrogens is 2. The van der Waals surface area contributed by atoms with E-state index in [2.05, 4.69) is 115 Å². The van der Waals surface area contributed by atoms with Crippen molar-refractivity contribution < 1.29 is 4.57 Å². The Morgan fingerprint density at radius 2 is 1.49 bits per heavy atom. The number of hydrogen-bond acceptors (Lipinski definition) is 1. The third-order valence-corrected chi connectivity index (χ3v) is 9.14. The van der Waals surface area contributed by atoms with Gasteiger partial charge in [0.2, 0.25) is 5.69 Å². The highest BCUT2D eigenvalue weighted by Gasteiger charge is 2.76. The molecule has 2 heteroatoms. The van der Waals surface area contributed by atoms with Crippen LogP contribution in [0.4, 0.5) is 0 Å². The van der Waals surface area contributed by atoms with Crippen molar-refractivity contribution in [2.24, 2.45) is 0 Å². The summed E-state index contributed by atoms with van der Waals surface area (Å²) in [5.41, 5.74) is 17.0. The molecule has 188 valence electrons. The maximum Gasteiger partial charge on any atom is 0.239 e. The van der Waals surface area contributed by atoms with E-state index in [9.17, 15) is 0 Å². The number of benzene rings is 3. The van der Waals surface area contributed by atoms with E-state index < -0.39 is 0 Å². The molecule has 37 heavy (non-hydrogen) atoms. The Kier molecular flexibility index (Phi) is 5.29. The SMILES string of the molecule is CCCC12CC1(C)c1c(C)cc(C)cc1-c1c(-c3cc(C)cc(C)c3)nc(-c3c(C)cccc3C)c[n+]12. The predicted octanol–water partition coefficient (Wildman–Crippen LogP) is 8.39. The lowest BCUT2D eigenvalue weighted by Crippen LogP contribution is -2.55. The molecular weight excluding hydrogens is 448 g/mol. The highest BCUT2D eigenvalue weighted by atomic mass is 15.2. The zero-order chi connectivity index (χ0) is 26.3. The summed E-state index contributed by atoms with van der Waals surface area (Å²) in [7, 11) is 0. The molecule has 2 unspecified atom stereocenters. The third kappa shape index (κ3) is 3.38. The van der Waals surface area contributed by atoms with Crippen LogP contribution in [-0.4, -0.2) is 4.98 Å². The van der Waals surface area contributed by atoms with Crippen LogP contribution in [0.2, 0.25) is 0 Å². The average Bonchev–Trinajstić information content (AvgIpc) is 3.43. The quantitative estimate of drug-likeness (QED) is 0.264. The minimum Gasteiger partial charge on any atom is -0.234 e. The van der Waals surface area contributed by atoms with E-state index in [0.717, 1.165) is 11.4 Å². The maximum atomic E-state index is 5.53. The van der Waals surface area contributed by atoms with Crippen molar-refractivity contribution >= 4 is 0 Å². The first kappa shape index (κ1) is 24.1. The molecule has 2 nitrogen and oxygen atoms in total. The molecule has 1 saturated carbocycles. The van der Waals surface area contributed by atoms with Gasteiger partial charge in [-0.2, -0.15) is 4.57 Å². The van der Waals surface area contributed by atoms with Crippen LogP contribution in [-0.2, 0) is 11.0 Å². The smallest absolute Gasteiger partial charge is 0.234 e. The Hall–Kier alpha value is -3.26. The van der Waals surface area contributed by atoms with Crippen LogP contribution in [0.3, 0.4) is 0 Å². The molecule has 1 aliphatic carbocycles. The van der Waals surface area contributed by atoms with E-state index in [-0.39, 0.29) is 11.0 Å². The minimum absolute atomic E-state index is 0.0893. The summed E-state index contributed by atoms with van der Waals surface area (Å²) in [5.74, 6) is 0. The molecule has 0 amide bonds. The first-order chi connectivity index (χ1) is 17.6. The van der Waals surface area contributed by atoms with Gasteiger partial charge in [0, 0.05) is 24.0 Å². The Balaban J connectivity index is 1.79. The van der Waals surface area contributed by atoms with E-state index in [4.69, 9.17) is 4.98 Å². The fraction of sp³-hybridized carbons (Fsp3) is 0.371. The van der Waals surface area contributed by atoms with Gasteiger partial charge in [0.25, 0.3) is 0 Å². The lowest BCUT2D eigenvalue weighted by molar-refractivity contribution is -0.735. The monoisotopic (exact) mass is 487 g/mol. The van der Waals surface area contributed by atoms with E-state index in [0.29, 0.717) is 0 Å². The largest absolute Gasteiger partial charge is 0.239 e. The van der Waals surface area contributed by atoms with E-state index in [1.54, 1.807) is 5.56 Å². The standard InChI is InChI=1S/C35H39N2/c1-9-13-35-20-34(35,8)31-26(7)15-23(4)18-28(31)33-32(27-16-21(2)14-22(3)17-27)36-29(19-37(33)35)30-24(5)11-10-12-25(30)6/h10-12,14-19H,9,13,20H2,1-8H3/q+1. The molecular formula is C35H39N2+. The lowest BCUT2D eigenvalue weighted by Gasteiger charge is -2.30. The first-order valence-corrected chi connectivity index (χ1v) is 13.8. The Morgan fingerprint density at radius 1 is 0.838 bits per heavy atom. The van der Waals surface area contributed by atoms with E-state index in [1.807, 2.05) is 0 Å². The van der Waals surface area contributed by atoms with Crippen LogP contribution in [0.15, 0.2) is 54.7 Å². The Morgan fingerprint density at radius 3 is 2.14 bits per heavy atom. The summed E-state index contributed by atoms with van der Waals surface area (Å²) in [4.78, 5) is 5.53. The minimum atomic E-state index is 0.0893. The zero-order valence-corrected chi connectivity index (χ0v) is 23.7. The molecule has 2 heterocycles. The number of aryl methyl sites for hydroxylation is 6. The highest BCUT2D eigenvalue weighted by Crippen LogP contribution is 2.67. The number of nitrogens with zero attached hydrogens (tertiary/aromatic N) is 2. The second-order valence-electron chi connectivity index (χ2n) is 12.1. The third-order valence-electron chi connectivity index (χ3n) is 9.14. The van der Waals surface area contributed by atoms with Crippen molar-refractivity contribution in [2.75, 3.05) is 0 Å². The predicted molar refractivity (Wildman–Crippen MR) is 154 cm³/mol. The van der Waals surface area contributed by atoms with Crippen molar-refractivity contribution in [1.29, 1.82) is 0 Å². The first-order valence-electron chi connectivity index (χ1n) is 13.8. The van der Waals surface area contributed by atoms with Crippen LogP contribution in [0.1, 0.15) is 72.1 Å². The molecule has 1 aromatic heterocycles. The molecule has 0 saturated heterocycles. The highest BCUT2D eigenvalue weighted by molar-refractivity contribution is 5.83. The maximum absolute atomic E-state index is 5.53. The molecule has 1 aliphatic heterocycles. The van der Waals surface area contributed by atoms with Crippen LogP contribution in [0.25, 0.3) is 33.8 Å². The van der Waals surface area contributed by atoms with Gasteiger partial charge < -0.3 is 0 Å². The van der Waals surface area contributed by atoms with Crippen molar-refractivity contribution in [1.82, 2.24) is 4.98 Å². The second kappa shape index (κ2) is 8.12. The number of fused-ring (bicyclic) bond motifs is 6. The number of hydrogen-bond donors (Lipinski definition) is 0. The van der Waals surface area contributed by atoms with E-state index >= 15 is 0 Å². The van der Waals surface area contributed by atoms with Crippen molar-refractivity contribution in [3.63, 3.8) is 0 Å². The zero-order valence-electron chi connectivity index (χ0n) is 23.7. The summed E-state index contributed by atoms with van der Waals surface area (Å²) in [5, 5.41) is 0. The fourth-order valence-corrected chi connectivity index (χ4v) is 7.75. The van der Waals surface area contributed by atoms with E-state index in [1.165, 1.54) is 75.0 Å². The van der Waals surface area contributed by atoms with Gasteiger partial charge in [-0.15, -0.1) is 0 Å². The molecule has 0 bridgehead atoms. The molecule has 2 aliphatic rings. The van der Waals surface area contributed by atoms with Crippen LogP contribution < -0.4 is 4.57 Å². The lowest BCUT2D eigenvalue weighted by atomic mass is 9.78. The number of rotatable bonds is 4. The fourth-order valence-electron chi connectivity index (χ4n) is 7.75. The normalized spacial score (nSPS) is 21.3. The molecule has 2 atom stereocenters. The van der Waals surface area contributed by atoms with Crippen LogP contribution in [0.5, 0.6) is 0 Å². The Labute approximate surface area is 222 Å². The van der Waals surface area contributed by atoms with Gasteiger partial charge in [-0.25, -0.2) is 4.98 Å². The van der Waals surface area contributed by atoms with Crippen molar-refractivity contribution in [3.05, 3.63) is 93.7 Å². The van der Waals surface area contributed by atoms with Gasteiger partial charge in [-0.05, 0) is 95.3 Å². The van der Waals surface area contributed by atoms with Gasteiger partial charge in [-0.3, -0.25) is 0 Å². The molecule has 4 aromatic rings. The summed E-state index contributed by atoms with van der Waals surface area (Å²) in [6, 6.07) is 18.3. The summed E-state index contributed by atoms with van der Waals surface area (Å²) in [6.45, 7) is 18.2. The molecule has 0 spiro atoms. The van der Waals surface area contributed by atoms with Gasteiger partial charge in [0.1, 0.15) is 11.4 Å². The van der Waals surface area contributed by atoms with Gasteiger partial charge in [-0.1, -0.05) is 53.9 Å². The summed E-state index contributed by atoms with van der Waals surface area (Å²) < 4.78 is 2.68. The topological polar surface area (TPSA) is 16.8 Å². The van der Waals surface area contributed by atoms with Gasteiger partial charge in [0.05, 0.1) is 11.0 Å². The second-order valence-corrected chi connectivity index (χ2v) is 12.1. The molecule has 3 aromatic carbocycles. The van der Waals surface area contributed by atoms with Crippen LogP contribution >= 0.6 is 0 Å². The summed E-state index contributed by atoms with van der Waals surface area (Å²) >= 11 is 0.